The predicted octanol–water partition coefficient (Wildman–Crippen LogP) is 3.30. The molecule has 5 heteroatoms. The number of benzene rings is 1. The molecule has 3 nitrogen and oxygen atoms in total. The van der Waals surface area contributed by atoms with Crippen molar-refractivity contribution in [2.75, 3.05) is 0 Å². The summed E-state index contributed by atoms with van der Waals surface area (Å²) in [5.74, 6) is 0.770. The second-order valence-electron chi connectivity index (χ2n) is 3.26. The molecule has 0 bridgehead atoms. The lowest BCUT2D eigenvalue weighted by Crippen LogP contribution is -1.99. The minimum absolute atomic E-state index is 0.374. The van der Waals surface area contributed by atoms with Gasteiger partial charge in [0.25, 0.3) is 0 Å². The molecule has 0 fully saturated rings. The lowest BCUT2D eigenvalue weighted by atomic mass is 10.2. The van der Waals surface area contributed by atoms with Crippen LogP contribution in [0.2, 0.25) is 5.28 Å². The van der Waals surface area contributed by atoms with Gasteiger partial charge in [0.2, 0.25) is 5.28 Å². The van der Waals surface area contributed by atoms with Crippen LogP contribution in [0, 0.1) is 13.8 Å². The van der Waals surface area contributed by atoms with Crippen LogP contribution in [0.1, 0.15) is 11.4 Å². The maximum Gasteiger partial charge on any atom is 0.229 e. The monoisotopic (exact) mass is 285 g/mol. The van der Waals surface area contributed by atoms with Crippen LogP contribution in [-0.4, -0.2) is 14.8 Å². The van der Waals surface area contributed by atoms with Crippen molar-refractivity contribution >= 4 is 27.5 Å². The zero-order valence-electron chi connectivity index (χ0n) is 8.33. The van der Waals surface area contributed by atoms with Crippen LogP contribution >= 0.6 is 27.5 Å². The van der Waals surface area contributed by atoms with E-state index >= 15 is 0 Å². The van der Waals surface area contributed by atoms with E-state index in [1.54, 1.807) is 4.57 Å². The Hall–Kier alpha value is -0.870. The van der Waals surface area contributed by atoms with E-state index in [0.717, 1.165) is 21.5 Å². The van der Waals surface area contributed by atoms with E-state index in [4.69, 9.17) is 11.6 Å². The van der Waals surface area contributed by atoms with Crippen LogP contribution in [0.5, 0.6) is 0 Å². The molecule has 0 N–H and O–H groups in total. The lowest BCUT2D eigenvalue weighted by Gasteiger charge is -2.09. The van der Waals surface area contributed by atoms with Gasteiger partial charge in [-0.2, -0.15) is 0 Å². The number of hydrogen-bond acceptors (Lipinski definition) is 2. The first-order chi connectivity index (χ1) is 7.11. The number of aryl methyl sites for hydroxylation is 2. The zero-order chi connectivity index (χ0) is 11.0. The molecule has 78 valence electrons. The summed E-state index contributed by atoms with van der Waals surface area (Å²) in [5.41, 5.74) is 2.11. The molecule has 0 unspecified atom stereocenters. The van der Waals surface area contributed by atoms with Gasteiger partial charge >= 0.3 is 0 Å². The molecular weight excluding hydrogens is 277 g/mol. The molecule has 0 amide bonds. The smallest absolute Gasteiger partial charge is 0.229 e. The Labute approximate surface area is 101 Å². The first-order valence-electron chi connectivity index (χ1n) is 4.44. The Morgan fingerprint density at radius 2 is 2.00 bits per heavy atom. The van der Waals surface area contributed by atoms with E-state index in [-0.39, 0.29) is 0 Å². The molecule has 1 aromatic carbocycles. The third-order valence-electron chi connectivity index (χ3n) is 2.20. The fourth-order valence-corrected chi connectivity index (χ4v) is 2.11. The van der Waals surface area contributed by atoms with Gasteiger partial charge < -0.3 is 0 Å². The molecule has 2 rings (SSSR count). The van der Waals surface area contributed by atoms with Crippen LogP contribution in [-0.2, 0) is 0 Å². The quantitative estimate of drug-likeness (QED) is 0.805. The summed E-state index contributed by atoms with van der Waals surface area (Å²) >= 11 is 9.51. The molecule has 2 aromatic rings. The molecule has 1 heterocycles. The van der Waals surface area contributed by atoms with Gasteiger partial charge in [0.05, 0.1) is 5.69 Å². The highest BCUT2D eigenvalue weighted by molar-refractivity contribution is 9.10. The van der Waals surface area contributed by atoms with Crippen LogP contribution in [0.3, 0.4) is 0 Å². The molecule has 0 saturated heterocycles. The molecule has 0 aliphatic carbocycles. The second kappa shape index (κ2) is 3.94. The number of nitrogens with zero attached hydrogens (tertiary/aromatic N) is 3. The van der Waals surface area contributed by atoms with Gasteiger partial charge in [-0.3, -0.25) is 4.57 Å². The summed E-state index contributed by atoms with van der Waals surface area (Å²) in [5, 5.41) is 8.12. The summed E-state index contributed by atoms with van der Waals surface area (Å²) in [6.45, 7) is 3.90. The van der Waals surface area contributed by atoms with Crippen molar-refractivity contribution in [2.45, 2.75) is 13.8 Å². The van der Waals surface area contributed by atoms with Crippen molar-refractivity contribution in [2.24, 2.45) is 0 Å². The van der Waals surface area contributed by atoms with Gasteiger partial charge in [-0.1, -0.05) is 12.1 Å². The Balaban J connectivity index is 2.69. The number of rotatable bonds is 1. The van der Waals surface area contributed by atoms with Crippen molar-refractivity contribution in [3.8, 4) is 5.69 Å². The molecule has 15 heavy (non-hydrogen) atoms. The summed E-state index contributed by atoms with van der Waals surface area (Å²) in [6, 6.07) is 5.98. The maximum absolute atomic E-state index is 5.97. The molecule has 0 atom stereocenters. The Morgan fingerprint density at radius 3 is 2.60 bits per heavy atom. The van der Waals surface area contributed by atoms with E-state index in [2.05, 4.69) is 26.1 Å². The average Bonchev–Trinajstić information content (AvgIpc) is 2.52. The van der Waals surface area contributed by atoms with Crippen molar-refractivity contribution in [1.29, 1.82) is 0 Å². The fourth-order valence-electron chi connectivity index (χ4n) is 1.41. The van der Waals surface area contributed by atoms with Gasteiger partial charge in [0.1, 0.15) is 5.82 Å². The average molecular weight is 287 g/mol. The third kappa shape index (κ3) is 1.79. The predicted molar refractivity (Wildman–Crippen MR) is 63.5 cm³/mol. The second-order valence-corrected chi connectivity index (χ2v) is 4.39. The van der Waals surface area contributed by atoms with E-state index in [1.165, 1.54) is 0 Å². The van der Waals surface area contributed by atoms with Gasteiger partial charge in [0, 0.05) is 4.47 Å². The topological polar surface area (TPSA) is 30.7 Å². The lowest BCUT2D eigenvalue weighted by molar-refractivity contribution is 0.963. The summed E-state index contributed by atoms with van der Waals surface area (Å²) in [6.07, 6.45) is 0. The largest absolute Gasteiger partial charge is 0.269 e. The SMILES string of the molecule is Cc1cccc(-n2c(C)nnc2Cl)c1Br. The van der Waals surface area contributed by atoms with Crippen LogP contribution < -0.4 is 0 Å². The van der Waals surface area contributed by atoms with E-state index in [1.807, 2.05) is 32.0 Å². The molecule has 1 aromatic heterocycles. The molecular formula is C10H9BrClN3. The van der Waals surface area contributed by atoms with Gasteiger partial charge in [-0.25, -0.2) is 0 Å². The normalized spacial score (nSPS) is 10.7. The Bertz CT molecular complexity index is 488. The highest BCUT2D eigenvalue weighted by Crippen LogP contribution is 2.27. The molecule has 0 aliphatic rings. The third-order valence-corrected chi connectivity index (χ3v) is 3.47. The van der Waals surface area contributed by atoms with Gasteiger partial charge in [0.15, 0.2) is 0 Å². The standard InChI is InChI=1S/C10H9BrClN3/c1-6-4-3-5-8(9(6)11)15-7(2)13-14-10(15)12/h3-5H,1-2H3. The first kappa shape index (κ1) is 10.6. The highest BCUT2D eigenvalue weighted by atomic mass is 79.9. The van der Waals surface area contributed by atoms with Gasteiger partial charge in [-0.15, -0.1) is 10.2 Å². The Kier molecular flexibility index (Phi) is 2.80. The minimum atomic E-state index is 0.374. The van der Waals surface area contributed by atoms with Crippen LogP contribution in [0.4, 0.5) is 0 Å². The summed E-state index contributed by atoms with van der Waals surface area (Å²) in [4.78, 5) is 0. The number of hydrogen-bond donors (Lipinski definition) is 0. The summed E-state index contributed by atoms with van der Waals surface area (Å²) in [7, 11) is 0. The van der Waals surface area contributed by atoms with Crippen molar-refractivity contribution in [3.05, 3.63) is 39.3 Å². The van der Waals surface area contributed by atoms with Crippen LogP contribution in [0.25, 0.3) is 5.69 Å². The van der Waals surface area contributed by atoms with Crippen molar-refractivity contribution in [3.63, 3.8) is 0 Å². The van der Waals surface area contributed by atoms with Crippen molar-refractivity contribution < 1.29 is 0 Å². The van der Waals surface area contributed by atoms with E-state index in [9.17, 15) is 0 Å². The van der Waals surface area contributed by atoms with Crippen LogP contribution in [0.15, 0.2) is 22.7 Å². The first-order valence-corrected chi connectivity index (χ1v) is 5.61. The van der Waals surface area contributed by atoms with E-state index < -0.39 is 0 Å². The maximum atomic E-state index is 5.97. The van der Waals surface area contributed by atoms with E-state index in [0.29, 0.717) is 5.28 Å². The number of halogens is 2. The highest BCUT2D eigenvalue weighted by Gasteiger charge is 2.11. The molecule has 0 spiro atoms. The Morgan fingerprint density at radius 1 is 1.27 bits per heavy atom. The molecule has 0 aliphatic heterocycles. The minimum Gasteiger partial charge on any atom is -0.269 e. The molecule has 0 radical (unpaired) electrons. The molecule has 0 saturated carbocycles. The summed E-state index contributed by atoms with van der Waals surface area (Å²) < 4.78 is 2.81. The zero-order valence-corrected chi connectivity index (χ0v) is 10.7. The van der Waals surface area contributed by atoms with Gasteiger partial charge in [-0.05, 0) is 53.0 Å². The fraction of sp³-hybridized carbons (Fsp3) is 0.200. The van der Waals surface area contributed by atoms with Crippen molar-refractivity contribution in [1.82, 2.24) is 14.8 Å². The number of aromatic nitrogens is 3.